The van der Waals surface area contributed by atoms with Gasteiger partial charge in [0.05, 0.1) is 24.7 Å². The summed E-state index contributed by atoms with van der Waals surface area (Å²) < 4.78 is 0. The number of hydrogen-bond donors (Lipinski definition) is 3. The second-order valence-electron chi connectivity index (χ2n) is 9.55. The van der Waals surface area contributed by atoms with E-state index in [4.69, 9.17) is 0 Å². The van der Waals surface area contributed by atoms with Crippen molar-refractivity contribution in [2.75, 3.05) is 0 Å². The Balaban J connectivity index is 1.47. The molecule has 3 N–H and O–H groups in total. The van der Waals surface area contributed by atoms with E-state index in [1.165, 1.54) is 18.4 Å². The van der Waals surface area contributed by atoms with Crippen LogP contribution in [0.15, 0.2) is 24.3 Å². The molecule has 2 unspecified atom stereocenters. The fourth-order valence-corrected chi connectivity index (χ4v) is 4.01. The number of hydrogen-bond acceptors (Lipinski definition) is 3. The van der Waals surface area contributed by atoms with Crippen LogP contribution in [-0.4, -0.2) is 24.0 Å². The van der Waals surface area contributed by atoms with E-state index < -0.39 is 6.04 Å². The van der Waals surface area contributed by atoms with Crippen LogP contribution in [-0.2, 0) is 9.59 Å². The number of carbonyl (C=O) groups excluding carboxylic acids is 2. The average Bonchev–Trinajstić information content (AvgIpc) is 3.50. The molecule has 2 aliphatic carbocycles. The topological polar surface area (TPSA) is 70.2 Å². The van der Waals surface area contributed by atoms with Crippen molar-refractivity contribution in [3.8, 4) is 0 Å². The van der Waals surface area contributed by atoms with Gasteiger partial charge in [-0.15, -0.1) is 0 Å². The van der Waals surface area contributed by atoms with Crippen molar-refractivity contribution in [2.24, 2.45) is 11.3 Å². The Hall–Kier alpha value is -1.88. The summed E-state index contributed by atoms with van der Waals surface area (Å²) in [4.78, 5) is 25.0. The maximum absolute atomic E-state index is 13.0. The molecule has 1 aromatic carbocycles. The monoisotopic (exact) mass is 369 g/mol. The molecule has 5 nitrogen and oxygen atoms in total. The molecule has 2 saturated carbocycles. The van der Waals surface area contributed by atoms with Crippen LogP contribution < -0.4 is 16.0 Å². The van der Waals surface area contributed by atoms with Crippen LogP contribution in [0, 0.1) is 11.3 Å². The third kappa shape index (κ3) is 4.34. The van der Waals surface area contributed by atoms with Gasteiger partial charge >= 0.3 is 0 Å². The molecule has 1 heterocycles. The zero-order chi connectivity index (χ0) is 19.2. The summed E-state index contributed by atoms with van der Waals surface area (Å²) >= 11 is 0. The lowest BCUT2D eigenvalue weighted by Crippen LogP contribution is -2.62. The van der Waals surface area contributed by atoms with Gasteiger partial charge in [-0.05, 0) is 54.1 Å². The summed E-state index contributed by atoms with van der Waals surface area (Å²) in [5.41, 5.74) is 2.40. The highest BCUT2D eigenvalue weighted by Gasteiger charge is 2.40. The fourth-order valence-electron chi connectivity index (χ4n) is 4.01. The Morgan fingerprint density at radius 2 is 1.78 bits per heavy atom. The van der Waals surface area contributed by atoms with Crippen LogP contribution in [0.25, 0.3) is 0 Å². The third-order valence-corrected chi connectivity index (χ3v) is 5.97. The molecule has 146 valence electrons. The normalized spacial score (nSPS) is 27.0. The van der Waals surface area contributed by atoms with Crippen molar-refractivity contribution in [1.29, 1.82) is 0 Å². The molecule has 4 rings (SSSR count). The van der Waals surface area contributed by atoms with Gasteiger partial charge in [0.2, 0.25) is 11.8 Å². The predicted molar refractivity (Wildman–Crippen MR) is 105 cm³/mol. The van der Waals surface area contributed by atoms with Gasteiger partial charge in [-0.2, -0.15) is 0 Å². The second-order valence-corrected chi connectivity index (χ2v) is 9.55. The van der Waals surface area contributed by atoms with E-state index in [1.54, 1.807) is 0 Å². The zero-order valence-corrected chi connectivity index (χ0v) is 16.5. The summed E-state index contributed by atoms with van der Waals surface area (Å²) in [5, 5.41) is 9.54. The first-order chi connectivity index (χ1) is 12.8. The summed E-state index contributed by atoms with van der Waals surface area (Å²) in [6, 6.07) is 8.15. The second kappa shape index (κ2) is 6.93. The van der Waals surface area contributed by atoms with Crippen molar-refractivity contribution in [2.45, 2.75) is 77.0 Å². The predicted octanol–water partition coefficient (Wildman–Crippen LogP) is 2.98. The van der Waals surface area contributed by atoms with Gasteiger partial charge in [-0.25, -0.2) is 0 Å². The summed E-state index contributed by atoms with van der Waals surface area (Å²) in [7, 11) is 0. The molecule has 27 heavy (non-hydrogen) atoms. The molecule has 3 aliphatic rings. The van der Waals surface area contributed by atoms with E-state index in [0.29, 0.717) is 5.92 Å². The summed E-state index contributed by atoms with van der Waals surface area (Å²) in [5.74, 6) is 1.08. The number of rotatable bonds is 5. The summed E-state index contributed by atoms with van der Waals surface area (Å²) in [6.07, 6.45) is 4.95. The maximum atomic E-state index is 13.0. The minimum atomic E-state index is -0.458. The molecule has 1 aromatic rings. The zero-order valence-electron chi connectivity index (χ0n) is 16.5. The van der Waals surface area contributed by atoms with E-state index in [9.17, 15) is 9.59 Å². The number of nitrogens with one attached hydrogen (secondary N) is 3. The average molecular weight is 370 g/mol. The molecule has 1 saturated heterocycles. The SMILES string of the molecule is CC(C)(C)[C@@H](NC(=O)C1CC(=O)NC(C2CC2)N1)c1ccc(C2CC2)cc1. The van der Waals surface area contributed by atoms with Crippen LogP contribution in [0.2, 0.25) is 0 Å². The molecule has 1 aliphatic heterocycles. The Kier molecular flexibility index (Phi) is 4.75. The van der Waals surface area contributed by atoms with E-state index in [-0.39, 0.29) is 35.9 Å². The van der Waals surface area contributed by atoms with Crippen molar-refractivity contribution in [3.05, 3.63) is 35.4 Å². The maximum Gasteiger partial charge on any atom is 0.238 e. The van der Waals surface area contributed by atoms with Crippen molar-refractivity contribution in [3.63, 3.8) is 0 Å². The minimum Gasteiger partial charge on any atom is -0.347 e. The molecular weight excluding hydrogens is 338 g/mol. The first kappa shape index (κ1) is 18.5. The molecule has 3 atom stereocenters. The molecule has 0 spiro atoms. The molecule has 2 amide bonds. The van der Waals surface area contributed by atoms with Crippen molar-refractivity contribution in [1.82, 2.24) is 16.0 Å². The highest BCUT2D eigenvalue weighted by molar-refractivity contribution is 5.89. The van der Waals surface area contributed by atoms with Gasteiger partial charge in [-0.1, -0.05) is 45.0 Å². The molecule has 5 heteroatoms. The van der Waals surface area contributed by atoms with E-state index in [0.717, 1.165) is 24.3 Å². The van der Waals surface area contributed by atoms with Gasteiger partial charge in [0.25, 0.3) is 0 Å². The Labute approximate surface area is 161 Å². The highest BCUT2D eigenvalue weighted by Crippen LogP contribution is 2.41. The molecular formula is C22H31N3O2. The standard InChI is InChI=1S/C22H31N3O2/c1-22(2,3)19(15-8-6-14(7-9-15)13-4-5-13)25-21(27)17-12-18(26)24-20(23-17)16-10-11-16/h6-9,13,16-17,19-20,23H,4-5,10-12H2,1-3H3,(H,24,26)(H,25,27)/t17?,19-,20?/m0/s1. The fraction of sp³-hybridized carbons (Fsp3) is 0.636. The van der Waals surface area contributed by atoms with Crippen molar-refractivity contribution < 1.29 is 9.59 Å². The molecule has 3 fully saturated rings. The van der Waals surface area contributed by atoms with E-state index in [1.807, 2.05) is 0 Å². The van der Waals surface area contributed by atoms with E-state index >= 15 is 0 Å². The lowest BCUT2D eigenvalue weighted by Gasteiger charge is -2.36. The van der Waals surface area contributed by atoms with Crippen LogP contribution in [0.5, 0.6) is 0 Å². The van der Waals surface area contributed by atoms with Gasteiger partial charge in [0.1, 0.15) is 0 Å². The number of amides is 2. The van der Waals surface area contributed by atoms with E-state index in [2.05, 4.69) is 61.0 Å². The van der Waals surface area contributed by atoms with Crippen LogP contribution in [0.3, 0.4) is 0 Å². The highest BCUT2D eigenvalue weighted by atomic mass is 16.2. The minimum absolute atomic E-state index is 0.0353. The summed E-state index contributed by atoms with van der Waals surface area (Å²) in [6.45, 7) is 6.42. The van der Waals surface area contributed by atoms with Gasteiger partial charge in [0, 0.05) is 0 Å². The molecule has 0 aromatic heterocycles. The van der Waals surface area contributed by atoms with Gasteiger partial charge < -0.3 is 10.6 Å². The smallest absolute Gasteiger partial charge is 0.238 e. The quantitative estimate of drug-likeness (QED) is 0.747. The van der Waals surface area contributed by atoms with Gasteiger partial charge in [0.15, 0.2) is 0 Å². The van der Waals surface area contributed by atoms with Crippen LogP contribution in [0.1, 0.15) is 76.0 Å². The van der Waals surface area contributed by atoms with Crippen molar-refractivity contribution >= 4 is 11.8 Å². The Morgan fingerprint density at radius 1 is 1.11 bits per heavy atom. The molecule has 0 radical (unpaired) electrons. The first-order valence-corrected chi connectivity index (χ1v) is 10.3. The first-order valence-electron chi connectivity index (χ1n) is 10.3. The van der Waals surface area contributed by atoms with Crippen LogP contribution >= 0.6 is 0 Å². The lowest BCUT2D eigenvalue weighted by atomic mass is 9.81. The third-order valence-electron chi connectivity index (χ3n) is 5.97. The Bertz CT molecular complexity index is 714. The van der Waals surface area contributed by atoms with Gasteiger partial charge in [-0.3, -0.25) is 14.9 Å². The lowest BCUT2D eigenvalue weighted by molar-refractivity contribution is -0.132. The van der Waals surface area contributed by atoms with Crippen LogP contribution in [0.4, 0.5) is 0 Å². The number of benzene rings is 1. The Morgan fingerprint density at radius 3 is 2.33 bits per heavy atom. The largest absolute Gasteiger partial charge is 0.347 e. The number of carbonyl (C=O) groups is 2. The molecule has 0 bridgehead atoms.